The number of hydrazone groups is 1. The Morgan fingerprint density at radius 3 is 2.71 bits per heavy atom. The van der Waals surface area contributed by atoms with E-state index in [9.17, 15) is 4.79 Å². The molecule has 0 aromatic heterocycles. The summed E-state index contributed by atoms with van der Waals surface area (Å²) >= 11 is 3.37. The highest BCUT2D eigenvalue weighted by Gasteiger charge is 2.13. The van der Waals surface area contributed by atoms with Crippen molar-refractivity contribution in [3.63, 3.8) is 0 Å². The van der Waals surface area contributed by atoms with Crippen molar-refractivity contribution in [2.45, 2.75) is 6.92 Å². The van der Waals surface area contributed by atoms with Crippen LogP contribution in [0.5, 0.6) is 11.5 Å². The number of hydrogen-bond acceptors (Lipinski definition) is 5. The smallest absolute Gasteiger partial charge is 0.341 e. The number of ether oxygens (including phenoxy) is 2. The summed E-state index contributed by atoms with van der Waals surface area (Å²) in [5, 5.41) is 12.9. The predicted octanol–water partition coefficient (Wildman–Crippen LogP) is 3.76. The molecular weight excluding hydrogens is 376 g/mol. The Morgan fingerprint density at radius 1 is 1.29 bits per heavy atom. The number of nitrogens with zero attached hydrogens (tertiary/aromatic N) is 1. The van der Waals surface area contributed by atoms with Gasteiger partial charge in [-0.2, -0.15) is 5.10 Å². The summed E-state index contributed by atoms with van der Waals surface area (Å²) in [5.74, 6) is -0.247. The fourth-order valence-corrected chi connectivity index (χ4v) is 2.47. The van der Waals surface area contributed by atoms with E-state index in [4.69, 9.17) is 14.6 Å². The van der Waals surface area contributed by atoms with Crippen LogP contribution in [0.25, 0.3) is 0 Å². The minimum atomic E-state index is -1.05. The molecule has 0 bridgehead atoms. The SMILES string of the molecule is CCOc1cc(C=NNc2ccccc2)cc(Br)c1OCC(=O)O. The van der Waals surface area contributed by atoms with Crippen LogP contribution in [0.4, 0.5) is 5.69 Å². The zero-order valence-corrected chi connectivity index (χ0v) is 14.6. The number of aliphatic carboxylic acids is 1. The average molecular weight is 393 g/mol. The minimum Gasteiger partial charge on any atom is -0.490 e. The monoisotopic (exact) mass is 392 g/mol. The molecule has 0 saturated heterocycles. The maximum absolute atomic E-state index is 10.7. The summed E-state index contributed by atoms with van der Waals surface area (Å²) in [7, 11) is 0. The Hall–Kier alpha value is -2.54. The first kappa shape index (κ1) is 17.8. The summed E-state index contributed by atoms with van der Waals surface area (Å²) in [4.78, 5) is 10.7. The van der Waals surface area contributed by atoms with Crippen molar-refractivity contribution in [2.75, 3.05) is 18.6 Å². The molecule has 0 aliphatic rings. The molecule has 6 nitrogen and oxygen atoms in total. The molecule has 2 aromatic carbocycles. The Bertz CT molecular complexity index is 720. The Kier molecular flexibility index (Phi) is 6.62. The molecule has 0 aliphatic carbocycles. The molecule has 126 valence electrons. The molecule has 0 atom stereocenters. The van der Waals surface area contributed by atoms with Crippen molar-refractivity contribution < 1.29 is 19.4 Å². The molecule has 0 amide bonds. The van der Waals surface area contributed by atoms with Gasteiger partial charge >= 0.3 is 5.97 Å². The van der Waals surface area contributed by atoms with Crippen LogP contribution in [0, 0.1) is 0 Å². The van der Waals surface area contributed by atoms with Gasteiger partial charge in [-0.1, -0.05) is 18.2 Å². The number of carbonyl (C=O) groups is 1. The number of rotatable bonds is 8. The van der Waals surface area contributed by atoms with E-state index in [0.29, 0.717) is 22.6 Å². The maximum atomic E-state index is 10.7. The molecule has 2 rings (SSSR count). The lowest BCUT2D eigenvalue weighted by atomic mass is 10.2. The molecule has 0 aliphatic heterocycles. The van der Waals surface area contributed by atoms with Crippen LogP contribution in [0.1, 0.15) is 12.5 Å². The van der Waals surface area contributed by atoms with Gasteiger partial charge in [0.15, 0.2) is 18.1 Å². The first-order chi connectivity index (χ1) is 11.6. The molecule has 0 heterocycles. The molecule has 0 saturated carbocycles. The third-order valence-corrected chi connectivity index (χ3v) is 3.44. The standard InChI is InChI=1S/C17H17BrN2O4/c1-2-23-15-9-12(8-14(18)17(15)24-11-16(21)22)10-19-20-13-6-4-3-5-7-13/h3-10,20H,2,11H2,1H3,(H,21,22). The number of anilines is 1. The highest BCUT2D eigenvalue weighted by Crippen LogP contribution is 2.36. The van der Waals surface area contributed by atoms with E-state index in [0.717, 1.165) is 11.3 Å². The van der Waals surface area contributed by atoms with Gasteiger partial charge < -0.3 is 14.6 Å². The quantitative estimate of drug-likeness (QED) is 0.528. The van der Waals surface area contributed by atoms with Crippen LogP contribution in [0.3, 0.4) is 0 Å². The van der Waals surface area contributed by atoms with Crippen molar-refractivity contribution in [1.29, 1.82) is 0 Å². The number of halogens is 1. The molecular formula is C17H17BrN2O4. The average Bonchev–Trinajstić information content (AvgIpc) is 2.55. The third-order valence-electron chi connectivity index (χ3n) is 2.85. The number of hydrogen-bond donors (Lipinski definition) is 2. The van der Waals surface area contributed by atoms with Gasteiger partial charge in [0.05, 0.1) is 23.0 Å². The van der Waals surface area contributed by atoms with Crippen LogP contribution in [-0.4, -0.2) is 30.5 Å². The van der Waals surface area contributed by atoms with Gasteiger partial charge in [-0.05, 0) is 52.7 Å². The number of nitrogens with one attached hydrogen (secondary N) is 1. The van der Waals surface area contributed by atoms with Gasteiger partial charge in [-0.3, -0.25) is 5.43 Å². The van der Waals surface area contributed by atoms with Crippen LogP contribution >= 0.6 is 15.9 Å². The van der Waals surface area contributed by atoms with Crippen molar-refractivity contribution in [3.05, 3.63) is 52.5 Å². The third kappa shape index (κ3) is 5.27. The molecule has 0 fully saturated rings. The minimum absolute atomic E-state index is 0.354. The largest absolute Gasteiger partial charge is 0.490 e. The topological polar surface area (TPSA) is 80.1 Å². The normalized spacial score (nSPS) is 10.6. The van der Waals surface area contributed by atoms with E-state index in [1.807, 2.05) is 37.3 Å². The zero-order chi connectivity index (χ0) is 17.4. The van der Waals surface area contributed by atoms with Gasteiger partial charge in [0.2, 0.25) is 0 Å². The molecule has 2 aromatic rings. The fraction of sp³-hybridized carbons (Fsp3) is 0.176. The summed E-state index contributed by atoms with van der Waals surface area (Å²) in [6, 6.07) is 13.1. The second-order valence-electron chi connectivity index (χ2n) is 4.68. The van der Waals surface area contributed by atoms with Crippen molar-refractivity contribution in [1.82, 2.24) is 0 Å². The zero-order valence-electron chi connectivity index (χ0n) is 13.0. The lowest BCUT2D eigenvalue weighted by Gasteiger charge is -2.13. The van der Waals surface area contributed by atoms with E-state index in [1.165, 1.54) is 0 Å². The van der Waals surface area contributed by atoms with Gasteiger partial charge in [-0.25, -0.2) is 4.79 Å². The molecule has 0 unspecified atom stereocenters. The predicted molar refractivity (Wildman–Crippen MR) is 96.1 cm³/mol. The highest BCUT2D eigenvalue weighted by atomic mass is 79.9. The number of carboxylic acids is 1. The first-order valence-corrected chi connectivity index (χ1v) is 8.04. The fourth-order valence-electron chi connectivity index (χ4n) is 1.89. The van der Waals surface area contributed by atoms with E-state index in [2.05, 4.69) is 26.5 Å². The van der Waals surface area contributed by atoms with Gasteiger partial charge in [0.25, 0.3) is 0 Å². The van der Waals surface area contributed by atoms with Crippen molar-refractivity contribution in [3.8, 4) is 11.5 Å². The van der Waals surface area contributed by atoms with Gasteiger partial charge in [0.1, 0.15) is 0 Å². The van der Waals surface area contributed by atoms with Crippen LogP contribution in [-0.2, 0) is 4.79 Å². The Morgan fingerprint density at radius 2 is 2.04 bits per heavy atom. The van der Waals surface area contributed by atoms with E-state index < -0.39 is 12.6 Å². The van der Waals surface area contributed by atoms with E-state index in [-0.39, 0.29) is 0 Å². The number of para-hydroxylation sites is 1. The second kappa shape index (κ2) is 8.93. The van der Waals surface area contributed by atoms with Gasteiger partial charge in [0, 0.05) is 0 Å². The lowest BCUT2D eigenvalue weighted by molar-refractivity contribution is -0.139. The second-order valence-corrected chi connectivity index (χ2v) is 5.54. The maximum Gasteiger partial charge on any atom is 0.341 e. The number of carboxylic acid groups (broad SMARTS) is 1. The summed E-state index contributed by atoms with van der Waals surface area (Å²) in [6.45, 7) is 1.83. The molecule has 7 heteroatoms. The molecule has 0 spiro atoms. The number of benzene rings is 2. The van der Waals surface area contributed by atoms with Crippen LogP contribution in [0.2, 0.25) is 0 Å². The lowest BCUT2D eigenvalue weighted by Crippen LogP contribution is -2.11. The Labute approximate surface area is 148 Å². The van der Waals surface area contributed by atoms with E-state index in [1.54, 1.807) is 18.3 Å². The van der Waals surface area contributed by atoms with Crippen molar-refractivity contribution in [2.24, 2.45) is 5.10 Å². The van der Waals surface area contributed by atoms with Gasteiger partial charge in [-0.15, -0.1) is 0 Å². The molecule has 0 radical (unpaired) electrons. The van der Waals surface area contributed by atoms with E-state index >= 15 is 0 Å². The summed E-state index contributed by atoms with van der Waals surface area (Å²) in [6.07, 6.45) is 1.64. The Balaban J connectivity index is 2.17. The summed E-state index contributed by atoms with van der Waals surface area (Å²) < 4.78 is 11.4. The highest BCUT2D eigenvalue weighted by molar-refractivity contribution is 9.10. The van der Waals surface area contributed by atoms with Crippen LogP contribution < -0.4 is 14.9 Å². The molecule has 24 heavy (non-hydrogen) atoms. The first-order valence-electron chi connectivity index (χ1n) is 7.25. The van der Waals surface area contributed by atoms with Crippen LogP contribution in [0.15, 0.2) is 52.0 Å². The molecule has 2 N–H and O–H groups in total. The van der Waals surface area contributed by atoms with Crippen molar-refractivity contribution >= 4 is 33.8 Å². The summed E-state index contributed by atoms with van der Waals surface area (Å²) in [5.41, 5.74) is 4.57.